The molecule has 112 valence electrons. The lowest BCUT2D eigenvalue weighted by atomic mass is 9.94. The lowest BCUT2D eigenvalue weighted by Crippen LogP contribution is -2.35. The predicted octanol–water partition coefficient (Wildman–Crippen LogP) is 3.59. The maximum Gasteiger partial charge on any atom is 0.0410 e. The maximum atomic E-state index is 4.18. The van der Waals surface area contributed by atoms with Crippen LogP contribution in [-0.2, 0) is 6.54 Å². The minimum absolute atomic E-state index is 0.832. The zero-order chi connectivity index (χ0) is 14.2. The first-order valence-corrected chi connectivity index (χ1v) is 8.55. The van der Waals surface area contributed by atoms with Gasteiger partial charge in [-0.05, 0) is 67.0 Å². The number of pyridine rings is 1. The molecule has 0 aliphatic heterocycles. The van der Waals surface area contributed by atoms with Crippen LogP contribution in [0.3, 0.4) is 0 Å². The Hall–Kier alpha value is -0.450. The van der Waals surface area contributed by atoms with Crippen molar-refractivity contribution in [3.05, 3.63) is 28.5 Å². The predicted molar refractivity (Wildman–Crippen MR) is 87.8 cm³/mol. The Balaban J connectivity index is 1.57. The van der Waals surface area contributed by atoms with Gasteiger partial charge >= 0.3 is 0 Å². The largest absolute Gasteiger partial charge is 0.313 e. The van der Waals surface area contributed by atoms with Crippen molar-refractivity contribution in [1.82, 2.24) is 15.2 Å². The van der Waals surface area contributed by atoms with Crippen molar-refractivity contribution in [2.45, 2.75) is 51.1 Å². The molecule has 1 aliphatic rings. The third-order valence-electron chi connectivity index (χ3n) is 4.15. The second kappa shape index (κ2) is 8.75. The van der Waals surface area contributed by atoms with Crippen LogP contribution in [0.5, 0.6) is 0 Å². The standard InChI is InChI=1S/C16H26BrN3/c1-20(16-6-3-2-4-7-16)9-5-8-18-11-14-10-15(17)13-19-12-14/h10,12-13,16,18H,2-9,11H2,1H3. The highest BCUT2D eigenvalue weighted by atomic mass is 79.9. The molecule has 3 nitrogen and oxygen atoms in total. The molecule has 1 saturated carbocycles. The monoisotopic (exact) mass is 339 g/mol. The number of aromatic nitrogens is 1. The number of hydrogen-bond donors (Lipinski definition) is 1. The highest BCUT2D eigenvalue weighted by Gasteiger charge is 2.16. The number of rotatable bonds is 7. The van der Waals surface area contributed by atoms with E-state index in [1.165, 1.54) is 50.6 Å². The molecule has 0 atom stereocenters. The van der Waals surface area contributed by atoms with E-state index in [4.69, 9.17) is 0 Å². The van der Waals surface area contributed by atoms with E-state index in [-0.39, 0.29) is 0 Å². The van der Waals surface area contributed by atoms with Gasteiger partial charge in [-0.15, -0.1) is 0 Å². The number of halogens is 1. The average Bonchev–Trinajstić information content (AvgIpc) is 2.48. The normalized spacial score (nSPS) is 16.8. The smallest absolute Gasteiger partial charge is 0.0410 e. The topological polar surface area (TPSA) is 28.2 Å². The second-order valence-corrected chi connectivity index (χ2v) is 6.73. The highest BCUT2D eigenvalue weighted by molar-refractivity contribution is 9.10. The fourth-order valence-corrected chi connectivity index (χ4v) is 3.36. The number of nitrogens with one attached hydrogen (secondary N) is 1. The first-order valence-electron chi connectivity index (χ1n) is 7.76. The van der Waals surface area contributed by atoms with Gasteiger partial charge in [-0.2, -0.15) is 0 Å². The third-order valence-corrected chi connectivity index (χ3v) is 4.59. The number of hydrogen-bond acceptors (Lipinski definition) is 3. The molecule has 1 N–H and O–H groups in total. The van der Waals surface area contributed by atoms with Crippen molar-refractivity contribution >= 4 is 15.9 Å². The fraction of sp³-hybridized carbons (Fsp3) is 0.688. The summed E-state index contributed by atoms with van der Waals surface area (Å²) in [6.45, 7) is 3.18. The van der Waals surface area contributed by atoms with E-state index in [0.717, 1.165) is 23.6 Å². The summed E-state index contributed by atoms with van der Waals surface area (Å²) in [5.74, 6) is 0. The lowest BCUT2D eigenvalue weighted by molar-refractivity contribution is 0.189. The summed E-state index contributed by atoms with van der Waals surface area (Å²) in [5.41, 5.74) is 1.24. The van der Waals surface area contributed by atoms with Crippen LogP contribution in [0.4, 0.5) is 0 Å². The molecule has 0 unspecified atom stereocenters. The molecule has 0 amide bonds. The van der Waals surface area contributed by atoms with Crippen LogP contribution in [0, 0.1) is 0 Å². The summed E-state index contributed by atoms with van der Waals surface area (Å²) in [7, 11) is 2.29. The van der Waals surface area contributed by atoms with Gasteiger partial charge in [0.2, 0.25) is 0 Å². The van der Waals surface area contributed by atoms with Crippen molar-refractivity contribution in [3.63, 3.8) is 0 Å². The van der Waals surface area contributed by atoms with Crippen LogP contribution in [0.15, 0.2) is 22.9 Å². The molecule has 1 aromatic heterocycles. The van der Waals surface area contributed by atoms with Gasteiger partial charge in [-0.25, -0.2) is 0 Å². The van der Waals surface area contributed by atoms with Crippen LogP contribution in [0.1, 0.15) is 44.1 Å². The van der Waals surface area contributed by atoms with E-state index in [0.29, 0.717) is 0 Å². The van der Waals surface area contributed by atoms with Crippen LogP contribution < -0.4 is 5.32 Å². The molecule has 20 heavy (non-hydrogen) atoms. The Morgan fingerprint density at radius 3 is 2.85 bits per heavy atom. The van der Waals surface area contributed by atoms with E-state index in [9.17, 15) is 0 Å². The van der Waals surface area contributed by atoms with E-state index < -0.39 is 0 Å². The van der Waals surface area contributed by atoms with Gasteiger partial charge < -0.3 is 10.2 Å². The molecule has 1 fully saturated rings. The molecular formula is C16H26BrN3. The van der Waals surface area contributed by atoms with Gasteiger partial charge in [0.1, 0.15) is 0 Å². The van der Waals surface area contributed by atoms with Gasteiger partial charge in [0, 0.05) is 29.5 Å². The maximum absolute atomic E-state index is 4.18. The van der Waals surface area contributed by atoms with Crippen LogP contribution in [-0.4, -0.2) is 36.1 Å². The van der Waals surface area contributed by atoms with Gasteiger partial charge in [0.15, 0.2) is 0 Å². The molecule has 4 heteroatoms. The van der Waals surface area contributed by atoms with Crippen LogP contribution >= 0.6 is 15.9 Å². The molecule has 0 bridgehead atoms. The van der Waals surface area contributed by atoms with Crippen LogP contribution in [0.25, 0.3) is 0 Å². The van der Waals surface area contributed by atoms with Gasteiger partial charge in [-0.1, -0.05) is 19.3 Å². The number of nitrogens with zero attached hydrogens (tertiary/aromatic N) is 2. The molecule has 1 aromatic rings. The zero-order valence-corrected chi connectivity index (χ0v) is 14.0. The summed E-state index contributed by atoms with van der Waals surface area (Å²) in [6, 6.07) is 2.95. The Labute approximate surface area is 131 Å². The average molecular weight is 340 g/mol. The fourth-order valence-electron chi connectivity index (χ4n) is 2.94. The molecule has 0 radical (unpaired) electrons. The molecular weight excluding hydrogens is 314 g/mol. The Kier molecular flexibility index (Phi) is 6.97. The Morgan fingerprint density at radius 1 is 1.30 bits per heavy atom. The molecule has 0 saturated heterocycles. The summed E-state index contributed by atoms with van der Waals surface area (Å²) in [5, 5.41) is 3.50. The molecule has 0 spiro atoms. The highest BCUT2D eigenvalue weighted by Crippen LogP contribution is 2.21. The minimum atomic E-state index is 0.832. The molecule has 0 aromatic carbocycles. The van der Waals surface area contributed by atoms with Gasteiger partial charge in [-0.3, -0.25) is 4.98 Å². The summed E-state index contributed by atoms with van der Waals surface area (Å²) >= 11 is 3.45. The zero-order valence-electron chi connectivity index (χ0n) is 12.4. The van der Waals surface area contributed by atoms with Gasteiger partial charge in [0.05, 0.1) is 0 Å². The Bertz CT molecular complexity index is 391. The molecule has 1 heterocycles. The van der Waals surface area contributed by atoms with Crippen molar-refractivity contribution < 1.29 is 0 Å². The Morgan fingerprint density at radius 2 is 2.10 bits per heavy atom. The van der Waals surface area contributed by atoms with Crippen molar-refractivity contribution in [1.29, 1.82) is 0 Å². The van der Waals surface area contributed by atoms with Gasteiger partial charge in [0.25, 0.3) is 0 Å². The van der Waals surface area contributed by atoms with Crippen molar-refractivity contribution in [3.8, 4) is 0 Å². The van der Waals surface area contributed by atoms with E-state index >= 15 is 0 Å². The van der Waals surface area contributed by atoms with E-state index in [1.54, 1.807) is 0 Å². The minimum Gasteiger partial charge on any atom is -0.313 e. The summed E-state index contributed by atoms with van der Waals surface area (Å²) in [4.78, 5) is 6.73. The van der Waals surface area contributed by atoms with E-state index in [1.807, 2.05) is 12.4 Å². The SMILES string of the molecule is CN(CCCNCc1cncc(Br)c1)C1CCCCC1. The molecule has 2 rings (SSSR count). The van der Waals surface area contributed by atoms with Crippen LogP contribution in [0.2, 0.25) is 0 Å². The molecule has 1 aliphatic carbocycles. The second-order valence-electron chi connectivity index (χ2n) is 5.81. The third kappa shape index (κ3) is 5.51. The first kappa shape index (κ1) is 15.9. The quantitative estimate of drug-likeness (QED) is 0.769. The van der Waals surface area contributed by atoms with Crippen molar-refractivity contribution in [2.75, 3.05) is 20.1 Å². The van der Waals surface area contributed by atoms with Crippen molar-refractivity contribution in [2.24, 2.45) is 0 Å². The first-order chi connectivity index (χ1) is 9.75. The lowest BCUT2D eigenvalue weighted by Gasteiger charge is -2.31. The summed E-state index contributed by atoms with van der Waals surface area (Å²) in [6.07, 6.45) is 12.0. The summed E-state index contributed by atoms with van der Waals surface area (Å²) < 4.78 is 1.05. The van der Waals surface area contributed by atoms with E-state index in [2.05, 4.69) is 44.2 Å².